The zero-order valence-corrected chi connectivity index (χ0v) is 12.7. The molecular weight excluding hydrogens is 266 g/mol. The molecule has 1 aromatic carbocycles. The lowest BCUT2D eigenvalue weighted by atomic mass is 10.1. The van der Waals surface area contributed by atoms with Gasteiger partial charge in [-0.15, -0.1) is 0 Å². The van der Waals surface area contributed by atoms with Crippen LogP contribution in [0, 0.1) is 5.92 Å². The Kier molecular flexibility index (Phi) is 5.20. The minimum absolute atomic E-state index is 0.0305. The number of hydrogen-bond acceptors (Lipinski definition) is 4. The van der Waals surface area contributed by atoms with Crippen molar-refractivity contribution >= 4 is 17.3 Å². The number of hydrogen-bond donors (Lipinski definition) is 2. The van der Waals surface area contributed by atoms with E-state index in [0.29, 0.717) is 24.7 Å². The van der Waals surface area contributed by atoms with Gasteiger partial charge in [-0.1, -0.05) is 37.2 Å². The second-order valence-corrected chi connectivity index (χ2v) is 5.79. The van der Waals surface area contributed by atoms with Gasteiger partial charge in [-0.3, -0.25) is 4.79 Å². The number of carbonyl (C=O) groups is 1. The molecule has 2 rings (SSSR count). The van der Waals surface area contributed by atoms with Crippen LogP contribution in [0.4, 0.5) is 5.69 Å². The Morgan fingerprint density at radius 2 is 2.19 bits per heavy atom. The molecule has 1 aromatic rings. The third kappa shape index (κ3) is 3.97. The summed E-state index contributed by atoms with van der Waals surface area (Å²) in [6, 6.07) is 7.78. The van der Waals surface area contributed by atoms with Gasteiger partial charge >= 0.3 is 0 Å². The normalized spacial score (nSPS) is 16.7. The number of para-hydroxylation sites is 1. The van der Waals surface area contributed by atoms with Gasteiger partial charge in [0.05, 0.1) is 12.3 Å². The predicted molar refractivity (Wildman–Crippen MR) is 84.1 cm³/mol. The van der Waals surface area contributed by atoms with Crippen molar-refractivity contribution in [2.75, 3.05) is 24.5 Å². The highest BCUT2D eigenvalue weighted by atomic mass is 16.4. The van der Waals surface area contributed by atoms with Crippen LogP contribution in [0.3, 0.4) is 0 Å². The summed E-state index contributed by atoms with van der Waals surface area (Å²) in [6.45, 7) is 5.96. The summed E-state index contributed by atoms with van der Waals surface area (Å²) in [5, 5.41) is 15.5. The topological polar surface area (TPSA) is 64.9 Å². The number of amides is 1. The second-order valence-electron chi connectivity index (χ2n) is 5.79. The molecule has 0 spiro atoms. The number of rotatable bonds is 4. The largest absolute Gasteiger partial charge is 0.411 e. The molecule has 5 heteroatoms. The van der Waals surface area contributed by atoms with Gasteiger partial charge < -0.3 is 15.4 Å². The quantitative estimate of drug-likeness (QED) is 0.660. The molecule has 0 aliphatic carbocycles. The first-order valence-corrected chi connectivity index (χ1v) is 7.43. The number of anilines is 1. The standard InChI is InChI=1S/C16H23N3O2/c1-12(2)10-17-16(20)11-19-9-5-7-14(18-21)13-6-3-4-8-15(13)19/h3-4,6,8,12,21H,5,7,9-11H2,1-2H3,(H,17,20)/b18-14-. The van der Waals surface area contributed by atoms with Gasteiger partial charge in [0.2, 0.25) is 5.91 Å². The summed E-state index contributed by atoms with van der Waals surface area (Å²) in [5.74, 6) is 0.474. The molecule has 0 unspecified atom stereocenters. The summed E-state index contributed by atoms with van der Waals surface area (Å²) in [5.41, 5.74) is 2.56. The van der Waals surface area contributed by atoms with Crippen molar-refractivity contribution in [1.29, 1.82) is 0 Å². The van der Waals surface area contributed by atoms with Crippen molar-refractivity contribution in [2.45, 2.75) is 26.7 Å². The van der Waals surface area contributed by atoms with Gasteiger partial charge in [0.15, 0.2) is 0 Å². The SMILES string of the molecule is CC(C)CNC(=O)CN1CCC/C(=N/O)c2ccccc21. The Labute approximate surface area is 125 Å². The molecule has 114 valence electrons. The van der Waals surface area contributed by atoms with Crippen molar-refractivity contribution in [3.63, 3.8) is 0 Å². The molecule has 1 amide bonds. The fraction of sp³-hybridized carbons (Fsp3) is 0.500. The van der Waals surface area contributed by atoms with Crippen LogP contribution >= 0.6 is 0 Å². The van der Waals surface area contributed by atoms with Crippen LogP contribution in [0.2, 0.25) is 0 Å². The summed E-state index contributed by atoms with van der Waals surface area (Å²) in [7, 11) is 0. The fourth-order valence-corrected chi connectivity index (χ4v) is 2.50. The van der Waals surface area contributed by atoms with Crippen LogP contribution < -0.4 is 10.2 Å². The van der Waals surface area contributed by atoms with Crippen LogP contribution in [-0.4, -0.2) is 36.5 Å². The monoisotopic (exact) mass is 289 g/mol. The molecule has 21 heavy (non-hydrogen) atoms. The van der Waals surface area contributed by atoms with Crippen molar-refractivity contribution in [1.82, 2.24) is 5.32 Å². The predicted octanol–water partition coefficient (Wildman–Crippen LogP) is 2.24. The number of fused-ring (bicyclic) bond motifs is 1. The second kappa shape index (κ2) is 7.11. The molecule has 1 aliphatic rings. The molecule has 2 N–H and O–H groups in total. The molecule has 0 atom stereocenters. The summed E-state index contributed by atoms with van der Waals surface area (Å²) in [4.78, 5) is 14.1. The third-order valence-electron chi connectivity index (χ3n) is 3.56. The lowest BCUT2D eigenvalue weighted by molar-refractivity contribution is -0.119. The first-order valence-electron chi connectivity index (χ1n) is 7.43. The lowest BCUT2D eigenvalue weighted by Crippen LogP contribution is -2.39. The van der Waals surface area contributed by atoms with Crippen molar-refractivity contribution in [3.05, 3.63) is 29.8 Å². The van der Waals surface area contributed by atoms with E-state index in [-0.39, 0.29) is 5.91 Å². The summed E-state index contributed by atoms with van der Waals surface area (Å²) in [6.07, 6.45) is 1.59. The van der Waals surface area contributed by atoms with E-state index in [9.17, 15) is 4.79 Å². The van der Waals surface area contributed by atoms with Crippen molar-refractivity contribution in [2.24, 2.45) is 11.1 Å². The number of oxime groups is 1. The molecule has 0 radical (unpaired) electrons. The highest BCUT2D eigenvalue weighted by Gasteiger charge is 2.21. The van der Waals surface area contributed by atoms with Gasteiger partial charge in [-0.05, 0) is 24.8 Å². The first kappa shape index (κ1) is 15.4. The van der Waals surface area contributed by atoms with E-state index in [1.807, 2.05) is 24.3 Å². The zero-order valence-electron chi connectivity index (χ0n) is 12.7. The highest BCUT2D eigenvalue weighted by Crippen LogP contribution is 2.26. The number of benzene rings is 1. The molecule has 0 saturated heterocycles. The fourth-order valence-electron chi connectivity index (χ4n) is 2.50. The molecule has 1 aliphatic heterocycles. The average Bonchev–Trinajstić information content (AvgIpc) is 2.65. The summed E-state index contributed by atoms with van der Waals surface area (Å²) < 4.78 is 0. The van der Waals surface area contributed by atoms with Gasteiger partial charge in [0.1, 0.15) is 0 Å². The maximum atomic E-state index is 12.1. The van der Waals surface area contributed by atoms with Crippen molar-refractivity contribution < 1.29 is 10.0 Å². The van der Waals surface area contributed by atoms with E-state index < -0.39 is 0 Å². The van der Waals surface area contributed by atoms with Gasteiger partial charge in [-0.25, -0.2) is 0 Å². The summed E-state index contributed by atoms with van der Waals surface area (Å²) >= 11 is 0. The van der Waals surface area contributed by atoms with E-state index in [1.165, 1.54) is 0 Å². The maximum Gasteiger partial charge on any atom is 0.239 e. The minimum atomic E-state index is 0.0305. The van der Waals surface area contributed by atoms with Crippen molar-refractivity contribution in [3.8, 4) is 0 Å². The van der Waals surface area contributed by atoms with Crippen LogP contribution in [0.25, 0.3) is 0 Å². The van der Waals surface area contributed by atoms with E-state index in [1.54, 1.807) is 0 Å². The van der Waals surface area contributed by atoms with E-state index in [0.717, 1.165) is 30.6 Å². The Hall–Kier alpha value is -2.04. The molecular formula is C16H23N3O2. The molecule has 0 bridgehead atoms. The van der Waals surface area contributed by atoms with Crippen LogP contribution in [-0.2, 0) is 4.79 Å². The Balaban J connectivity index is 2.14. The Morgan fingerprint density at radius 1 is 1.43 bits per heavy atom. The van der Waals surface area contributed by atoms with Crippen LogP contribution in [0.15, 0.2) is 29.4 Å². The average molecular weight is 289 g/mol. The van der Waals surface area contributed by atoms with Gasteiger partial charge in [-0.2, -0.15) is 0 Å². The zero-order chi connectivity index (χ0) is 15.2. The van der Waals surface area contributed by atoms with Crippen LogP contribution in [0.1, 0.15) is 32.3 Å². The molecule has 0 aromatic heterocycles. The smallest absolute Gasteiger partial charge is 0.239 e. The number of nitrogens with one attached hydrogen (secondary N) is 1. The number of carbonyl (C=O) groups excluding carboxylic acids is 1. The molecule has 5 nitrogen and oxygen atoms in total. The Bertz CT molecular complexity index is 526. The molecule has 0 fully saturated rings. The van der Waals surface area contributed by atoms with E-state index in [2.05, 4.69) is 29.2 Å². The van der Waals surface area contributed by atoms with Crippen LogP contribution in [0.5, 0.6) is 0 Å². The Morgan fingerprint density at radius 3 is 2.90 bits per heavy atom. The lowest BCUT2D eigenvalue weighted by Gasteiger charge is -2.24. The van der Waals surface area contributed by atoms with Gasteiger partial charge in [0, 0.05) is 24.3 Å². The van der Waals surface area contributed by atoms with E-state index >= 15 is 0 Å². The van der Waals surface area contributed by atoms with Gasteiger partial charge in [0.25, 0.3) is 0 Å². The molecule has 0 saturated carbocycles. The van der Waals surface area contributed by atoms with E-state index in [4.69, 9.17) is 5.21 Å². The maximum absolute atomic E-state index is 12.1. The highest BCUT2D eigenvalue weighted by molar-refractivity contribution is 6.05. The number of nitrogens with zero attached hydrogens (tertiary/aromatic N) is 2. The first-order chi connectivity index (χ1) is 10.1. The molecule has 1 heterocycles. The minimum Gasteiger partial charge on any atom is -0.411 e. The third-order valence-corrected chi connectivity index (χ3v) is 3.56.